The van der Waals surface area contributed by atoms with Gasteiger partial charge in [0.1, 0.15) is 23.1 Å². The zero-order chi connectivity index (χ0) is 35.7. The van der Waals surface area contributed by atoms with E-state index in [1.807, 2.05) is 6.07 Å². The van der Waals surface area contributed by atoms with Crippen LogP contribution in [0.1, 0.15) is 26.5 Å². The van der Waals surface area contributed by atoms with Gasteiger partial charge in [0.2, 0.25) is 0 Å². The smallest absolute Gasteiger partial charge is 0.359 e. The molecule has 0 aliphatic rings. The number of halogens is 2. The zero-order valence-electron chi connectivity index (χ0n) is 27.4. The van der Waals surface area contributed by atoms with E-state index in [4.69, 9.17) is 29.4 Å². The van der Waals surface area contributed by atoms with Crippen molar-refractivity contribution in [1.29, 1.82) is 0 Å². The standard InChI is InChI=1S/C21H22FN3O5.C12H12FN3O3/c1-27-16-10-5-13(17(11-16)28-2)12-23-19-18(20(26)29-3)25(21(24-19)30-4)15-8-6-14(22)7-9-15;1-18-11(17)9-10(14)15-12(19-2)16(9)8-5-3-7(13)4-6-8/h5-11,23H,12H2,1-4H3;3-6H,14H2,1-2H3. The van der Waals surface area contributed by atoms with Crippen LogP contribution in [-0.4, -0.2) is 73.7 Å². The summed E-state index contributed by atoms with van der Waals surface area (Å²) in [6.07, 6.45) is 0. The Bertz CT molecular complexity index is 1910. The van der Waals surface area contributed by atoms with Gasteiger partial charge in [-0.2, -0.15) is 9.97 Å². The SMILES string of the molecule is COC(=O)c1c(N)nc(OC)n1-c1ccc(F)cc1.COC(=O)c1c(NCc2ccc(OC)cc2OC)nc(OC)n1-c1ccc(F)cc1. The van der Waals surface area contributed by atoms with Crippen LogP contribution in [0.5, 0.6) is 23.5 Å². The molecule has 16 heteroatoms. The first-order valence-electron chi connectivity index (χ1n) is 14.3. The Labute approximate surface area is 279 Å². The summed E-state index contributed by atoms with van der Waals surface area (Å²) in [4.78, 5) is 32.6. The lowest BCUT2D eigenvalue weighted by Gasteiger charge is -2.12. The van der Waals surface area contributed by atoms with Gasteiger partial charge in [0, 0.05) is 18.2 Å². The van der Waals surface area contributed by atoms with E-state index in [2.05, 4.69) is 20.0 Å². The van der Waals surface area contributed by atoms with Crippen molar-refractivity contribution in [1.82, 2.24) is 19.1 Å². The Balaban J connectivity index is 0.000000244. The van der Waals surface area contributed by atoms with E-state index >= 15 is 0 Å². The maximum absolute atomic E-state index is 13.4. The van der Waals surface area contributed by atoms with Crippen molar-refractivity contribution in [2.24, 2.45) is 0 Å². The lowest BCUT2D eigenvalue weighted by Crippen LogP contribution is -2.13. The van der Waals surface area contributed by atoms with E-state index in [0.29, 0.717) is 29.4 Å². The Hall–Kier alpha value is -6.32. The number of carbonyl (C=O) groups is 2. The van der Waals surface area contributed by atoms with Crippen molar-refractivity contribution in [3.05, 3.63) is 95.3 Å². The number of anilines is 2. The normalized spacial score (nSPS) is 10.4. The molecule has 3 aromatic carbocycles. The molecule has 0 aliphatic carbocycles. The van der Waals surface area contributed by atoms with Crippen LogP contribution in [-0.2, 0) is 16.0 Å². The third kappa shape index (κ3) is 7.81. The minimum absolute atomic E-state index is 0.0203. The van der Waals surface area contributed by atoms with Crippen LogP contribution >= 0.6 is 0 Å². The summed E-state index contributed by atoms with van der Waals surface area (Å²) < 4.78 is 59.7. The van der Waals surface area contributed by atoms with Crippen molar-refractivity contribution in [3.63, 3.8) is 0 Å². The van der Waals surface area contributed by atoms with E-state index in [1.54, 1.807) is 26.4 Å². The number of nitrogens with one attached hydrogen (secondary N) is 1. The molecule has 14 nitrogen and oxygen atoms in total. The summed E-state index contributed by atoms with van der Waals surface area (Å²) in [5.74, 6) is -0.566. The van der Waals surface area contributed by atoms with Gasteiger partial charge in [-0.15, -0.1) is 0 Å². The maximum atomic E-state index is 13.4. The number of hydrogen-bond acceptors (Lipinski definition) is 12. The number of nitrogens with zero attached hydrogens (tertiary/aromatic N) is 4. The third-order valence-corrected chi connectivity index (χ3v) is 6.95. The molecule has 3 N–H and O–H groups in total. The van der Waals surface area contributed by atoms with E-state index < -0.39 is 23.6 Å². The number of benzene rings is 3. The van der Waals surface area contributed by atoms with Crippen LogP contribution in [0.4, 0.5) is 20.4 Å². The molecule has 0 radical (unpaired) electrons. The highest BCUT2D eigenvalue weighted by Gasteiger charge is 2.26. The van der Waals surface area contributed by atoms with Gasteiger partial charge in [0.25, 0.3) is 0 Å². The second kappa shape index (κ2) is 16.0. The molecule has 0 spiro atoms. The Morgan fingerprint density at radius 2 is 1.20 bits per heavy atom. The summed E-state index contributed by atoms with van der Waals surface area (Å²) in [6, 6.07) is 16.7. The van der Waals surface area contributed by atoms with E-state index in [-0.39, 0.29) is 35.0 Å². The minimum atomic E-state index is -0.655. The average Bonchev–Trinajstić information content (AvgIpc) is 3.67. The molecule has 0 bridgehead atoms. The topological polar surface area (TPSA) is 163 Å². The predicted molar refractivity (Wildman–Crippen MR) is 174 cm³/mol. The number of ether oxygens (including phenoxy) is 6. The number of nitrogens with two attached hydrogens (primary N) is 1. The van der Waals surface area contributed by atoms with Gasteiger partial charge in [0.05, 0.1) is 54.0 Å². The molecule has 0 amide bonds. The Kier molecular flexibility index (Phi) is 11.6. The van der Waals surface area contributed by atoms with Crippen LogP contribution < -0.4 is 30.0 Å². The van der Waals surface area contributed by atoms with Gasteiger partial charge >= 0.3 is 24.0 Å². The summed E-state index contributed by atoms with van der Waals surface area (Å²) in [5.41, 5.74) is 7.64. The Morgan fingerprint density at radius 1 is 0.694 bits per heavy atom. The van der Waals surface area contributed by atoms with Crippen LogP contribution in [0.2, 0.25) is 0 Å². The lowest BCUT2D eigenvalue weighted by molar-refractivity contribution is 0.0583. The molecule has 5 rings (SSSR count). The van der Waals surface area contributed by atoms with Gasteiger partial charge in [-0.1, -0.05) is 0 Å². The summed E-state index contributed by atoms with van der Waals surface area (Å²) in [6.45, 7) is 0.306. The number of hydrogen-bond donors (Lipinski definition) is 2. The first kappa shape index (κ1) is 35.5. The van der Waals surface area contributed by atoms with Crippen molar-refractivity contribution in [3.8, 4) is 34.9 Å². The second-order valence-electron chi connectivity index (χ2n) is 9.77. The zero-order valence-corrected chi connectivity index (χ0v) is 27.4. The van der Waals surface area contributed by atoms with Gasteiger partial charge in [0.15, 0.2) is 23.0 Å². The second-order valence-corrected chi connectivity index (χ2v) is 9.77. The molecular formula is C33H34F2N6O8. The highest BCUT2D eigenvalue weighted by atomic mass is 19.1. The molecule has 0 atom stereocenters. The van der Waals surface area contributed by atoms with Crippen LogP contribution in [0.25, 0.3) is 11.4 Å². The van der Waals surface area contributed by atoms with E-state index in [1.165, 1.54) is 86.1 Å². The number of methoxy groups -OCH3 is 6. The molecular weight excluding hydrogens is 646 g/mol. The van der Waals surface area contributed by atoms with Crippen molar-refractivity contribution < 1.29 is 46.8 Å². The molecule has 0 aliphatic heterocycles. The van der Waals surface area contributed by atoms with Gasteiger partial charge in [-0.25, -0.2) is 18.4 Å². The molecule has 258 valence electrons. The lowest BCUT2D eigenvalue weighted by atomic mass is 10.2. The number of rotatable bonds is 11. The number of imidazole rings is 2. The van der Waals surface area contributed by atoms with Crippen molar-refractivity contribution in [2.75, 3.05) is 53.7 Å². The highest BCUT2D eigenvalue weighted by molar-refractivity contribution is 5.94. The molecule has 0 saturated carbocycles. The number of carbonyl (C=O) groups excluding carboxylic acids is 2. The fourth-order valence-corrected chi connectivity index (χ4v) is 4.63. The monoisotopic (exact) mass is 680 g/mol. The molecule has 0 fully saturated rings. The molecule has 5 aromatic rings. The molecule has 0 saturated heterocycles. The van der Waals surface area contributed by atoms with Gasteiger partial charge in [-0.05, 0) is 60.7 Å². The predicted octanol–water partition coefficient (Wildman–Crippen LogP) is 4.82. The quantitative estimate of drug-likeness (QED) is 0.183. The molecule has 0 unspecified atom stereocenters. The Morgan fingerprint density at radius 3 is 1.69 bits per heavy atom. The molecule has 2 heterocycles. The van der Waals surface area contributed by atoms with Gasteiger partial charge < -0.3 is 39.5 Å². The summed E-state index contributed by atoms with van der Waals surface area (Å²) in [7, 11) is 8.46. The largest absolute Gasteiger partial charge is 0.497 e. The van der Waals surface area contributed by atoms with Gasteiger partial charge in [-0.3, -0.25) is 9.13 Å². The summed E-state index contributed by atoms with van der Waals surface area (Å²) >= 11 is 0. The first-order chi connectivity index (χ1) is 23.6. The van der Waals surface area contributed by atoms with Crippen molar-refractivity contribution >= 4 is 23.6 Å². The molecule has 2 aromatic heterocycles. The highest BCUT2D eigenvalue weighted by Crippen LogP contribution is 2.30. The maximum Gasteiger partial charge on any atom is 0.359 e. The fourth-order valence-electron chi connectivity index (χ4n) is 4.63. The van der Waals surface area contributed by atoms with E-state index in [0.717, 1.165) is 5.56 Å². The number of nitrogen functional groups attached to an aromatic ring is 1. The third-order valence-electron chi connectivity index (χ3n) is 6.95. The van der Waals surface area contributed by atoms with Crippen LogP contribution in [0.3, 0.4) is 0 Å². The van der Waals surface area contributed by atoms with Crippen LogP contribution in [0.15, 0.2) is 66.7 Å². The fraction of sp³-hybridized carbons (Fsp3) is 0.212. The molecule has 49 heavy (non-hydrogen) atoms. The van der Waals surface area contributed by atoms with Crippen molar-refractivity contribution in [2.45, 2.75) is 6.54 Å². The minimum Gasteiger partial charge on any atom is -0.497 e. The first-order valence-corrected chi connectivity index (χ1v) is 14.3. The van der Waals surface area contributed by atoms with E-state index in [9.17, 15) is 18.4 Å². The average molecular weight is 681 g/mol. The number of esters is 2. The van der Waals surface area contributed by atoms with Crippen LogP contribution in [0, 0.1) is 11.6 Å². The number of aromatic nitrogens is 4. The summed E-state index contributed by atoms with van der Waals surface area (Å²) in [5, 5.41) is 3.13.